The van der Waals surface area contributed by atoms with Crippen LogP contribution in [-0.4, -0.2) is 34.9 Å². The number of benzene rings is 1. The maximum Gasteiger partial charge on any atom is 0.232 e. The molecule has 0 spiro atoms. The molecular formula is C14H21ClFN5. The lowest BCUT2D eigenvalue weighted by Crippen LogP contribution is -2.28. The molecular weight excluding hydrogens is 293 g/mol. The zero-order valence-electron chi connectivity index (χ0n) is 12.9. The number of hydrogen-bond acceptors (Lipinski definition) is 4. The van der Waals surface area contributed by atoms with E-state index in [1.807, 2.05) is 30.6 Å². The Morgan fingerprint density at radius 1 is 1.05 bits per heavy atom. The summed E-state index contributed by atoms with van der Waals surface area (Å²) in [6.07, 6.45) is 0. The Kier molecular flexibility index (Phi) is 5.54. The van der Waals surface area contributed by atoms with Crippen LogP contribution in [0.3, 0.4) is 0 Å². The number of rotatable bonds is 4. The van der Waals surface area contributed by atoms with Crippen molar-refractivity contribution < 1.29 is 4.39 Å². The molecule has 116 valence electrons. The zero-order chi connectivity index (χ0) is 14.9. The second-order valence-electron chi connectivity index (χ2n) is 5.10. The smallest absolute Gasteiger partial charge is 0.232 e. The van der Waals surface area contributed by atoms with Gasteiger partial charge in [0.05, 0.1) is 0 Å². The van der Waals surface area contributed by atoms with Crippen LogP contribution in [0.4, 0.5) is 22.0 Å². The summed E-state index contributed by atoms with van der Waals surface area (Å²) >= 11 is 0. The van der Waals surface area contributed by atoms with Crippen molar-refractivity contribution in [3.8, 4) is 0 Å². The fourth-order valence-electron chi connectivity index (χ4n) is 1.92. The molecule has 21 heavy (non-hydrogen) atoms. The molecule has 2 aromatic rings. The Hall–Kier alpha value is -1.82. The van der Waals surface area contributed by atoms with Crippen molar-refractivity contribution in [3.05, 3.63) is 30.1 Å². The molecule has 7 heteroatoms. The van der Waals surface area contributed by atoms with Gasteiger partial charge < -0.3 is 9.80 Å². The van der Waals surface area contributed by atoms with Crippen LogP contribution in [0.25, 0.3) is 0 Å². The number of halogens is 2. The first-order valence-corrected chi connectivity index (χ1v) is 6.53. The van der Waals surface area contributed by atoms with E-state index in [0.717, 1.165) is 11.6 Å². The largest absolute Gasteiger partial charge is 0.342 e. The highest BCUT2D eigenvalue weighted by molar-refractivity contribution is 5.85. The molecule has 0 amide bonds. The summed E-state index contributed by atoms with van der Waals surface area (Å²) in [7, 11) is 5.79. The molecule has 0 aliphatic carbocycles. The fraction of sp³-hybridized carbons (Fsp3) is 0.429. The van der Waals surface area contributed by atoms with Gasteiger partial charge in [0, 0.05) is 32.9 Å². The molecule has 1 aromatic carbocycles. The molecule has 0 aliphatic rings. The number of anilines is 3. The monoisotopic (exact) mass is 313 g/mol. The first kappa shape index (κ1) is 17.2. The van der Waals surface area contributed by atoms with Crippen LogP contribution >= 0.6 is 12.4 Å². The predicted molar refractivity (Wildman–Crippen MR) is 86.3 cm³/mol. The first-order chi connectivity index (χ1) is 9.41. The van der Waals surface area contributed by atoms with E-state index in [9.17, 15) is 4.39 Å². The lowest BCUT2D eigenvalue weighted by Gasteiger charge is -2.23. The van der Waals surface area contributed by atoms with Gasteiger partial charge in [-0.05, 0) is 38.1 Å². The van der Waals surface area contributed by atoms with Gasteiger partial charge in [-0.1, -0.05) is 0 Å². The van der Waals surface area contributed by atoms with Gasteiger partial charge in [-0.2, -0.15) is 0 Å². The number of hydrogen-bond donors (Lipinski definition) is 0. The highest BCUT2D eigenvalue weighted by Crippen LogP contribution is 2.24. The highest BCUT2D eigenvalue weighted by atomic mass is 35.5. The molecule has 0 unspecified atom stereocenters. The summed E-state index contributed by atoms with van der Waals surface area (Å²) in [4.78, 5) is 3.93. The minimum Gasteiger partial charge on any atom is -0.342 e. The van der Waals surface area contributed by atoms with Gasteiger partial charge in [-0.3, -0.25) is 4.57 Å². The lowest BCUT2D eigenvalue weighted by molar-refractivity contribution is 0.628. The van der Waals surface area contributed by atoms with Crippen molar-refractivity contribution in [2.45, 2.75) is 19.9 Å². The maximum absolute atomic E-state index is 13.0. The third-order valence-electron chi connectivity index (χ3n) is 3.43. The van der Waals surface area contributed by atoms with Gasteiger partial charge in [0.15, 0.2) is 0 Å². The molecule has 1 heterocycles. The van der Waals surface area contributed by atoms with E-state index in [2.05, 4.69) is 28.9 Å². The summed E-state index contributed by atoms with van der Waals surface area (Å²) in [5.41, 5.74) is 0.862. The van der Waals surface area contributed by atoms with Crippen LogP contribution < -0.4 is 9.80 Å². The van der Waals surface area contributed by atoms with E-state index in [4.69, 9.17) is 0 Å². The summed E-state index contributed by atoms with van der Waals surface area (Å²) in [6, 6.07) is 6.64. The Morgan fingerprint density at radius 3 is 2.10 bits per heavy atom. The topological polar surface area (TPSA) is 37.2 Å². The lowest BCUT2D eigenvalue weighted by atomic mass is 10.3. The van der Waals surface area contributed by atoms with E-state index in [1.165, 1.54) is 12.1 Å². The van der Waals surface area contributed by atoms with Crippen molar-refractivity contribution in [3.63, 3.8) is 0 Å². The van der Waals surface area contributed by atoms with E-state index in [-0.39, 0.29) is 18.2 Å². The van der Waals surface area contributed by atoms with Gasteiger partial charge in [-0.15, -0.1) is 22.6 Å². The van der Waals surface area contributed by atoms with Crippen LogP contribution in [0.5, 0.6) is 0 Å². The molecule has 0 radical (unpaired) electrons. The predicted octanol–water partition coefficient (Wildman–Crippen LogP) is 2.99. The van der Waals surface area contributed by atoms with E-state index < -0.39 is 0 Å². The second-order valence-corrected chi connectivity index (χ2v) is 5.10. The van der Waals surface area contributed by atoms with E-state index >= 15 is 0 Å². The second kappa shape index (κ2) is 6.76. The minimum atomic E-state index is -0.250. The van der Waals surface area contributed by atoms with Crippen LogP contribution in [0.1, 0.15) is 13.8 Å². The van der Waals surface area contributed by atoms with Crippen molar-refractivity contribution in [1.82, 2.24) is 14.8 Å². The summed E-state index contributed by atoms with van der Waals surface area (Å²) in [6.45, 7) is 4.19. The molecule has 0 fully saturated rings. The molecule has 0 saturated heterocycles. The molecule has 1 aromatic heterocycles. The van der Waals surface area contributed by atoms with E-state index in [0.29, 0.717) is 12.0 Å². The van der Waals surface area contributed by atoms with Crippen LogP contribution in [0.15, 0.2) is 24.3 Å². The average molecular weight is 314 g/mol. The normalized spacial score (nSPS) is 10.4. The van der Waals surface area contributed by atoms with Crippen molar-refractivity contribution >= 4 is 30.0 Å². The summed E-state index contributed by atoms with van der Waals surface area (Å²) in [5.74, 6) is 1.25. The number of aromatic nitrogens is 3. The first-order valence-electron chi connectivity index (χ1n) is 6.53. The van der Waals surface area contributed by atoms with Crippen LogP contribution in [0.2, 0.25) is 0 Å². The summed E-state index contributed by atoms with van der Waals surface area (Å²) < 4.78 is 14.9. The Morgan fingerprint density at radius 2 is 1.57 bits per heavy atom. The minimum absolute atomic E-state index is 0. The molecule has 0 aliphatic heterocycles. The standard InChI is InChI=1S/C14H20FN5.ClH/c1-10(2)18(3)13-16-17-14(20(13)5)19(4)12-8-6-11(15)7-9-12;/h6-10H,1-5H3;1H. The highest BCUT2D eigenvalue weighted by Gasteiger charge is 2.18. The third-order valence-corrected chi connectivity index (χ3v) is 3.43. The average Bonchev–Trinajstić information content (AvgIpc) is 2.79. The Bertz CT molecular complexity index is 582. The Balaban J connectivity index is 0.00000220. The van der Waals surface area contributed by atoms with Crippen LogP contribution in [0, 0.1) is 5.82 Å². The zero-order valence-corrected chi connectivity index (χ0v) is 13.7. The Labute approximate surface area is 130 Å². The van der Waals surface area contributed by atoms with Crippen molar-refractivity contribution in [2.75, 3.05) is 23.9 Å². The SMILES string of the molecule is CC(C)N(C)c1nnc(N(C)c2ccc(F)cc2)n1C.Cl. The molecule has 0 bridgehead atoms. The van der Waals surface area contributed by atoms with Gasteiger partial charge >= 0.3 is 0 Å². The van der Waals surface area contributed by atoms with Crippen molar-refractivity contribution in [1.29, 1.82) is 0 Å². The fourth-order valence-corrected chi connectivity index (χ4v) is 1.92. The molecule has 0 saturated carbocycles. The summed E-state index contributed by atoms with van der Waals surface area (Å²) in [5, 5.41) is 8.45. The molecule has 0 atom stereocenters. The molecule has 5 nitrogen and oxygen atoms in total. The quantitative estimate of drug-likeness (QED) is 0.869. The van der Waals surface area contributed by atoms with Gasteiger partial charge in [-0.25, -0.2) is 4.39 Å². The van der Waals surface area contributed by atoms with Crippen LogP contribution in [-0.2, 0) is 7.05 Å². The third kappa shape index (κ3) is 3.44. The van der Waals surface area contributed by atoms with Gasteiger partial charge in [0.1, 0.15) is 5.82 Å². The number of nitrogens with zero attached hydrogens (tertiary/aromatic N) is 5. The molecule has 0 N–H and O–H groups in total. The van der Waals surface area contributed by atoms with Gasteiger partial charge in [0.25, 0.3) is 0 Å². The van der Waals surface area contributed by atoms with Gasteiger partial charge in [0.2, 0.25) is 11.9 Å². The van der Waals surface area contributed by atoms with E-state index in [1.54, 1.807) is 12.1 Å². The maximum atomic E-state index is 13.0. The van der Waals surface area contributed by atoms with Crippen molar-refractivity contribution in [2.24, 2.45) is 7.05 Å². The molecule has 2 rings (SSSR count).